The number of hydrogen-bond donors (Lipinski definition) is 1. The molecule has 1 heterocycles. The lowest BCUT2D eigenvalue weighted by Crippen LogP contribution is -2.53. The van der Waals surface area contributed by atoms with Crippen molar-refractivity contribution < 1.29 is 15.8 Å². The maximum absolute atomic E-state index is 13.4. The maximum atomic E-state index is 13.4. The zero-order chi connectivity index (χ0) is 22.7. The molecule has 3 aromatic carbocycles. The second-order valence-corrected chi connectivity index (χ2v) is 9.02. The van der Waals surface area contributed by atoms with E-state index in [-0.39, 0.29) is 7.33 Å². The van der Waals surface area contributed by atoms with Crippen molar-refractivity contribution in [3.63, 3.8) is 0 Å². The van der Waals surface area contributed by atoms with Gasteiger partial charge in [-0.2, -0.15) is 0 Å². The third-order valence-corrected chi connectivity index (χ3v) is 5.34. The number of amides is 2. The number of fused-ring (bicyclic) bond motifs is 1. The van der Waals surface area contributed by atoms with Crippen LogP contribution in [0.5, 0.6) is 0 Å². The highest BCUT2D eigenvalue weighted by atomic mass is 16.6. The number of benzene rings is 3. The molecular weight excluding hydrogens is 400 g/mol. The molecule has 3 aromatic rings. The lowest BCUT2D eigenvalue weighted by Gasteiger charge is -2.35. The standard InChI is InChI=1S/C27H28N2O3.H2/c1-27(2,3)32-26(31)28-23-17-22-16-21(20-12-8-5-9-13-20)14-15-24(22)29(25(23)30)18-19-10-6-4-7-11-19;/h4-16,23H,17-18H2,1-3H3,(H,28,31);1H. The number of carbonyl (C=O) groups excluding carboxylic acids is 2. The number of rotatable bonds is 4. The summed E-state index contributed by atoms with van der Waals surface area (Å²) < 4.78 is 5.40. The molecule has 1 atom stereocenters. The fraction of sp³-hybridized carbons (Fsp3) is 0.259. The van der Waals surface area contributed by atoms with Crippen LogP contribution in [0.1, 0.15) is 33.3 Å². The third kappa shape index (κ3) is 4.99. The molecule has 32 heavy (non-hydrogen) atoms. The molecule has 4 rings (SSSR count). The highest BCUT2D eigenvalue weighted by Crippen LogP contribution is 2.33. The van der Waals surface area contributed by atoms with Crippen LogP contribution in [0.2, 0.25) is 0 Å². The van der Waals surface area contributed by atoms with Crippen LogP contribution in [-0.4, -0.2) is 23.6 Å². The molecule has 0 bridgehead atoms. The molecule has 5 heteroatoms. The second-order valence-electron chi connectivity index (χ2n) is 9.02. The molecule has 0 aromatic heterocycles. The Balaban J connectivity index is 0.00000306. The van der Waals surface area contributed by atoms with Crippen molar-refractivity contribution in [2.45, 2.75) is 45.4 Å². The zero-order valence-electron chi connectivity index (χ0n) is 18.7. The number of nitrogens with one attached hydrogen (secondary N) is 1. The van der Waals surface area contributed by atoms with E-state index in [9.17, 15) is 9.59 Å². The molecule has 166 valence electrons. The van der Waals surface area contributed by atoms with Crippen molar-refractivity contribution in [3.05, 3.63) is 90.0 Å². The summed E-state index contributed by atoms with van der Waals surface area (Å²) in [4.78, 5) is 27.6. The van der Waals surface area contributed by atoms with Crippen molar-refractivity contribution in [1.82, 2.24) is 5.32 Å². The van der Waals surface area contributed by atoms with Crippen molar-refractivity contribution >= 4 is 17.7 Å². The zero-order valence-corrected chi connectivity index (χ0v) is 18.7. The number of ether oxygens (including phenoxy) is 1. The van der Waals surface area contributed by atoms with Gasteiger partial charge in [0.1, 0.15) is 11.6 Å². The number of carbonyl (C=O) groups is 2. The summed E-state index contributed by atoms with van der Waals surface area (Å²) >= 11 is 0. The van der Waals surface area contributed by atoms with Gasteiger partial charge in [-0.1, -0.05) is 66.7 Å². The average Bonchev–Trinajstić information content (AvgIpc) is 2.76. The van der Waals surface area contributed by atoms with Gasteiger partial charge in [0.15, 0.2) is 0 Å². The summed E-state index contributed by atoms with van der Waals surface area (Å²) in [6, 6.07) is 25.5. The van der Waals surface area contributed by atoms with Crippen molar-refractivity contribution in [3.8, 4) is 11.1 Å². The van der Waals surface area contributed by atoms with Crippen molar-refractivity contribution in [1.29, 1.82) is 0 Å². The minimum absolute atomic E-state index is 0. The normalized spacial score (nSPS) is 15.8. The fourth-order valence-corrected chi connectivity index (χ4v) is 3.93. The minimum atomic E-state index is -0.688. The summed E-state index contributed by atoms with van der Waals surface area (Å²) in [6.07, 6.45) is -0.169. The van der Waals surface area contributed by atoms with Gasteiger partial charge in [0.05, 0.1) is 6.54 Å². The predicted molar refractivity (Wildman–Crippen MR) is 128 cm³/mol. The summed E-state index contributed by atoms with van der Waals surface area (Å²) in [5, 5.41) is 2.79. The van der Waals surface area contributed by atoms with E-state index >= 15 is 0 Å². The second kappa shape index (κ2) is 8.87. The first-order chi connectivity index (χ1) is 15.3. The molecule has 0 spiro atoms. The van der Waals surface area contributed by atoms with Gasteiger partial charge in [-0.3, -0.25) is 4.79 Å². The lowest BCUT2D eigenvalue weighted by molar-refractivity contribution is -0.121. The molecular formula is C27H30N2O3. The Morgan fingerprint density at radius 1 is 1.00 bits per heavy atom. The highest BCUT2D eigenvalue weighted by Gasteiger charge is 2.35. The van der Waals surface area contributed by atoms with E-state index in [1.165, 1.54) is 0 Å². The van der Waals surface area contributed by atoms with Crippen LogP contribution in [0, 0.1) is 0 Å². The molecule has 0 aliphatic carbocycles. The Labute approximate surface area is 190 Å². The van der Waals surface area contributed by atoms with Gasteiger partial charge in [0.25, 0.3) is 0 Å². The van der Waals surface area contributed by atoms with E-state index in [1.54, 1.807) is 25.7 Å². The molecule has 0 saturated heterocycles. The molecule has 0 saturated carbocycles. The average molecular weight is 431 g/mol. The Bertz CT molecular complexity index is 1110. The van der Waals surface area contributed by atoms with E-state index in [0.717, 1.165) is 27.9 Å². The number of anilines is 1. The molecule has 0 fully saturated rings. The Morgan fingerprint density at radius 2 is 1.66 bits per heavy atom. The smallest absolute Gasteiger partial charge is 0.408 e. The van der Waals surface area contributed by atoms with Crippen LogP contribution >= 0.6 is 0 Å². The Kier molecular flexibility index (Phi) is 5.99. The molecule has 5 nitrogen and oxygen atoms in total. The van der Waals surface area contributed by atoms with Gasteiger partial charge >= 0.3 is 6.09 Å². The van der Waals surface area contributed by atoms with Gasteiger partial charge in [0, 0.05) is 13.5 Å². The van der Waals surface area contributed by atoms with E-state index in [4.69, 9.17) is 4.74 Å². The van der Waals surface area contributed by atoms with Crippen LogP contribution in [0.25, 0.3) is 11.1 Å². The number of nitrogens with zero attached hydrogens (tertiary/aromatic N) is 1. The number of alkyl carbamates (subject to hydrolysis) is 1. The predicted octanol–water partition coefficient (Wildman–Crippen LogP) is 5.58. The molecule has 1 aliphatic rings. The van der Waals surface area contributed by atoms with E-state index in [1.807, 2.05) is 60.7 Å². The third-order valence-electron chi connectivity index (χ3n) is 5.34. The first kappa shape index (κ1) is 21.6. The summed E-state index contributed by atoms with van der Waals surface area (Å²) in [7, 11) is 0. The monoisotopic (exact) mass is 430 g/mol. The van der Waals surface area contributed by atoms with E-state index in [0.29, 0.717) is 13.0 Å². The highest BCUT2D eigenvalue weighted by molar-refractivity contribution is 6.02. The van der Waals surface area contributed by atoms with Gasteiger partial charge in [0.2, 0.25) is 5.91 Å². The Morgan fingerprint density at radius 3 is 2.31 bits per heavy atom. The lowest BCUT2D eigenvalue weighted by atomic mass is 9.93. The quantitative estimate of drug-likeness (QED) is 0.588. The van der Waals surface area contributed by atoms with Crippen molar-refractivity contribution in [2.24, 2.45) is 0 Å². The van der Waals surface area contributed by atoms with Gasteiger partial charge < -0.3 is 15.0 Å². The van der Waals surface area contributed by atoms with Crippen LogP contribution in [0.3, 0.4) is 0 Å². The van der Waals surface area contributed by atoms with Crippen molar-refractivity contribution in [2.75, 3.05) is 4.90 Å². The van der Waals surface area contributed by atoms with Gasteiger partial charge in [-0.15, -0.1) is 0 Å². The molecule has 2 amide bonds. The van der Waals surface area contributed by atoms with Gasteiger partial charge in [-0.05, 0) is 55.2 Å². The first-order valence-corrected chi connectivity index (χ1v) is 10.8. The van der Waals surface area contributed by atoms with E-state index < -0.39 is 17.7 Å². The number of hydrogen-bond acceptors (Lipinski definition) is 3. The topological polar surface area (TPSA) is 58.6 Å². The molecule has 1 N–H and O–H groups in total. The maximum Gasteiger partial charge on any atom is 0.408 e. The van der Waals surface area contributed by atoms with Crippen LogP contribution < -0.4 is 10.2 Å². The summed E-state index contributed by atoms with van der Waals surface area (Å²) in [5.41, 5.74) is 4.47. The summed E-state index contributed by atoms with van der Waals surface area (Å²) in [5.74, 6) is -0.139. The Hall–Kier alpha value is -3.60. The summed E-state index contributed by atoms with van der Waals surface area (Å²) in [6.45, 7) is 5.85. The fourth-order valence-electron chi connectivity index (χ4n) is 3.93. The largest absolute Gasteiger partial charge is 0.444 e. The first-order valence-electron chi connectivity index (χ1n) is 10.8. The van der Waals surface area contributed by atoms with Crippen LogP contribution in [-0.2, 0) is 22.5 Å². The van der Waals surface area contributed by atoms with E-state index in [2.05, 4.69) is 23.5 Å². The minimum Gasteiger partial charge on any atom is -0.444 e. The van der Waals surface area contributed by atoms with Crippen LogP contribution in [0.15, 0.2) is 78.9 Å². The van der Waals surface area contributed by atoms with Gasteiger partial charge in [-0.25, -0.2) is 4.79 Å². The molecule has 0 radical (unpaired) electrons. The van der Waals surface area contributed by atoms with Crippen LogP contribution in [0.4, 0.5) is 10.5 Å². The SMILES string of the molecule is CC(C)(C)OC(=O)NC1Cc2cc(-c3ccccc3)ccc2N(Cc2ccccc2)C1=O.[HH]. The molecule has 1 aliphatic heterocycles. The molecule has 1 unspecified atom stereocenters.